The lowest BCUT2D eigenvalue weighted by Gasteiger charge is -2.26. The van der Waals surface area contributed by atoms with E-state index >= 15 is 0 Å². The fraction of sp³-hybridized carbons (Fsp3) is 0.389. The average Bonchev–Trinajstić information content (AvgIpc) is 2.55. The van der Waals surface area contributed by atoms with E-state index in [2.05, 4.69) is 22.2 Å². The summed E-state index contributed by atoms with van der Waals surface area (Å²) in [6.07, 6.45) is 9.52. The summed E-state index contributed by atoms with van der Waals surface area (Å²) in [5, 5.41) is 3.07. The van der Waals surface area contributed by atoms with Crippen LogP contribution in [0.1, 0.15) is 38.3 Å². The van der Waals surface area contributed by atoms with E-state index in [1.165, 1.54) is 12.8 Å². The van der Waals surface area contributed by atoms with Gasteiger partial charge in [-0.3, -0.25) is 9.78 Å². The van der Waals surface area contributed by atoms with Crippen LogP contribution >= 0.6 is 0 Å². The Morgan fingerprint density at radius 1 is 1.18 bits per heavy atom. The van der Waals surface area contributed by atoms with Gasteiger partial charge in [0.25, 0.3) is 0 Å². The van der Waals surface area contributed by atoms with Gasteiger partial charge in [0.1, 0.15) is 0 Å². The number of aromatic nitrogens is 2. The van der Waals surface area contributed by atoms with E-state index in [-0.39, 0.29) is 5.91 Å². The Morgan fingerprint density at radius 3 is 2.68 bits per heavy atom. The molecule has 1 aromatic carbocycles. The Labute approximate surface area is 130 Å². The molecule has 2 aromatic rings. The first-order valence-electron chi connectivity index (χ1n) is 7.91. The van der Waals surface area contributed by atoms with Crippen molar-refractivity contribution in [2.75, 3.05) is 0 Å². The van der Waals surface area contributed by atoms with Crippen molar-refractivity contribution in [3.63, 3.8) is 0 Å². The highest BCUT2D eigenvalue weighted by molar-refractivity contribution is 5.91. The van der Waals surface area contributed by atoms with Gasteiger partial charge in [0.2, 0.25) is 5.91 Å². The molecule has 114 valence electrons. The van der Waals surface area contributed by atoms with Crippen LogP contribution in [-0.2, 0) is 4.79 Å². The second kappa shape index (κ2) is 6.69. The van der Waals surface area contributed by atoms with Crippen LogP contribution in [0.15, 0.2) is 36.5 Å². The highest BCUT2D eigenvalue weighted by Gasteiger charge is 2.18. The van der Waals surface area contributed by atoms with E-state index in [4.69, 9.17) is 0 Å². The summed E-state index contributed by atoms with van der Waals surface area (Å²) in [5.74, 6) is 0.742. The maximum Gasteiger partial charge on any atom is 0.244 e. The summed E-state index contributed by atoms with van der Waals surface area (Å²) in [7, 11) is 0. The van der Waals surface area contributed by atoms with Gasteiger partial charge in [0.05, 0.1) is 22.9 Å². The molecule has 4 heteroatoms. The second-order valence-electron chi connectivity index (χ2n) is 6.08. The molecule has 0 bridgehead atoms. The fourth-order valence-corrected chi connectivity index (χ4v) is 2.87. The van der Waals surface area contributed by atoms with Crippen LogP contribution in [0, 0.1) is 5.92 Å². The minimum Gasteiger partial charge on any atom is -0.350 e. The van der Waals surface area contributed by atoms with E-state index in [1.54, 1.807) is 18.3 Å². The summed E-state index contributed by atoms with van der Waals surface area (Å²) < 4.78 is 0. The Hall–Kier alpha value is -2.23. The van der Waals surface area contributed by atoms with Gasteiger partial charge in [-0.05, 0) is 49.8 Å². The summed E-state index contributed by atoms with van der Waals surface area (Å²) in [5.41, 5.74) is 2.40. The number of nitrogens with one attached hydrogen (secondary N) is 1. The molecule has 0 unspecified atom stereocenters. The van der Waals surface area contributed by atoms with Gasteiger partial charge < -0.3 is 5.32 Å². The number of para-hydroxylation sites is 2. The molecule has 1 aliphatic rings. The van der Waals surface area contributed by atoms with E-state index in [9.17, 15) is 4.79 Å². The Morgan fingerprint density at radius 2 is 1.91 bits per heavy atom. The number of amides is 1. The topological polar surface area (TPSA) is 54.9 Å². The maximum absolute atomic E-state index is 12.0. The van der Waals surface area contributed by atoms with Crippen molar-refractivity contribution in [1.82, 2.24) is 15.3 Å². The van der Waals surface area contributed by atoms with Gasteiger partial charge in [-0.1, -0.05) is 19.1 Å². The van der Waals surface area contributed by atoms with Crippen molar-refractivity contribution in [2.45, 2.75) is 38.6 Å². The number of nitrogens with zero attached hydrogens (tertiary/aromatic N) is 2. The van der Waals surface area contributed by atoms with E-state index in [1.807, 2.05) is 24.3 Å². The zero-order valence-electron chi connectivity index (χ0n) is 12.8. The molecule has 1 saturated carbocycles. The molecule has 0 saturated heterocycles. The first kappa shape index (κ1) is 14.7. The van der Waals surface area contributed by atoms with Crippen molar-refractivity contribution >= 4 is 23.0 Å². The molecule has 1 amide bonds. The SMILES string of the molecule is CC1CCC(NC(=O)/C=C/c2cnc3ccccc3n2)CC1. The molecule has 1 aromatic heterocycles. The largest absolute Gasteiger partial charge is 0.350 e. The van der Waals surface area contributed by atoms with Crippen LogP contribution in [0.5, 0.6) is 0 Å². The molecule has 0 radical (unpaired) electrons. The highest BCUT2D eigenvalue weighted by Crippen LogP contribution is 2.23. The van der Waals surface area contributed by atoms with Gasteiger partial charge in [-0.2, -0.15) is 0 Å². The Bertz CT molecular complexity index is 688. The van der Waals surface area contributed by atoms with Crippen molar-refractivity contribution in [1.29, 1.82) is 0 Å². The normalized spacial score (nSPS) is 22.0. The number of carbonyl (C=O) groups is 1. The van der Waals surface area contributed by atoms with Gasteiger partial charge in [-0.15, -0.1) is 0 Å². The molecule has 0 aliphatic heterocycles. The standard InChI is InChI=1S/C18H21N3O/c1-13-6-8-14(9-7-13)21-18(22)11-10-15-12-19-16-4-2-3-5-17(16)20-15/h2-5,10-14H,6-9H2,1H3,(H,21,22)/b11-10+. The van der Waals surface area contributed by atoms with Crippen LogP contribution in [0.4, 0.5) is 0 Å². The number of carbonyl (C=O) groups excluding carboxylic acids is 1. The summed E-state index contributed by atoms with van der Waals surface area (Å²) in [6, 6.07) is 8.03. The molecule has 3 rings (SSSR count). The van der Waals surface area contributed by atoms with Gasteiger partial charge in [0, 0.05) is 12.1 Å². The highest BCUT2D eigenvalue weighted by atomic mass is 16.1. The minimum absolute atomic E-state index is 0.0467. The monoisotopic (exact) mass is 295 g/mol. The number of hydrogen-bond acceptors (Lipinski definition) is 3. The Balaban J connectivity index is 1.61. The molecular weight excluding hydrogens is 274 g/mol. The third kappa shape index (κ3) is 3.70. The van der Waals surface area contributed by atoms with E-state index in [0.29, 0.717) is 11.7 Å². The predicted molar refractivity (Wildman–Crippen MR) is 88.1 cm³/mol. The lowest BCUT2D eigenvalue weighted by molar-refractivity contribution is -0.117. The number of rotatable bonds is 3. The van der Waals surface area contributed by atoms with Crippen LogP contribution in [0.2, 0.25) is 0 Å². The molecule has 0 atom stereocenters. The van der Waals surface area contributed by atoms with Crippen LogP contribution in [0.3, 0.4) is 0 Å². The summed E-state index contributed by atoms with van der Waals surface area (Å²) in [6.45, 7) is 2.27. The third-order valence-corrected chi connectivity index (χ3v) is 4.23. The first-order chi connectivity index (χ1) is 10.7. The number of benzene rings is 1. The average molecular weight is 295 g/mol. The quantitative estimate of drug-likeness (QED) is 0.884. The Kier molecular flexibility index (Phi) is 4.47. The smallest absolute Gasteiger partial charge is 0.244 e. The second-order valence-corrected chi connectivity index (χ2v) is 6.08. The van der Waals surface area contributed by atoms with Crippen LogP contribution in [0.25, 0.3) is 17.1 Å². The molecule has 0 spiro atoms. The molecular formula is C18H21N3O. The molecule has 1 aliphatic carbocycles. The van der Waals surface area contributed by atoms with Gasteiger partial charge >= 0.3 is 0 Å². The van der Waals surface area contributed by atoms with Crippen molar-refractivity contribution in [3.8, 4) is 0 Å². The van der Waals surface area contributed by atoms with Crippen LogP contribution < -0.4 is 5.32 Å². The van der Waals surface area contributed by atoms with Gasteiger partial charge in [-0.25, -0.2) is 4.98 Å². The first-order valence-corrected chi connectivity index (χ1v) is 7.91. The summed E-state index contributed by atoms with van der Waals surface area (Å²) >= 11 is 0. The predicted octanol–water partition coefficient (Wildman–Crippen LogP) is 3.34. The summed E-state index contributed by atoms with van der Waals surface area (Å²) in [4.78, 5) is 20.8. The zero-order chi connectivity index (χ0) is 15.4. The van der Waals surface area contributed by atoms with Crippen LogP contribution in [-0.4, -0.2) is 21.9 Å². The fourth-order valence-electron chi connectivity index (χ4n) is 2.87. The minimum atomic E-state index is -0.0467. The molecule has 4 nitrogen and oxygen atoms in total. The molecule has 1 fully saturated rings. The van der Waals surface area contributed by atoms with E-state index in [0.717, 1.165) is 29.8 Å². The van der Waals surface area contributed by atoms with Gasteiger partial charge in [0.15, 0.2) is 0 Å². The van der Waals surface area contributed by atoms with Crippen molar-refractivity contribution in [3.05, 3.63) is 42.2 Å². The molecule has 22 heavy (non-hydrogen) atoms. The maximum atomic E-state index is 12.0. The lowest BCUT2D eigenvalue weighted by Crippen LogP contribution is -2.36. The van der Waals surface area contributed by atoms with Crippen molar-refractivity contribution in [2.24, 2.45) is 5.92 Å². The number of hydrogen-bond donors (Lipinski definition) is 1. The van der Waals surface area contributed by atoms with E-state index < -0.39 is 0 Å². The third-order valence-electron chi connectivity index (χ3n) is 4.23. The zero-order valence-corrected chi connectivity index (χ0v) is 12.8. The number of fused-ring (bicyclic) bond motifs is 1. The lowest BCUT2D eigenvalue weighted by atomic mass is 9.87. The molecule has 1 heterocycles. The molecule has 1 N–H and O–H groups in total. The van der Waals surface area contributed by atoms with Crippen molar-refractivity contribution < 1.29 is 4.79 Å².